The molecule has 54 heavy (non-hydrogen) atoms. The van der Waals surface area contributed by atoms with Crippen LogP contribution in [0.2, 0.25) is 0 Å². The summed E-state index contributed by atoms with van der Waals surface area (Å²) in [6.07, 6.45) is 0. The molecule has 12 aromatic rings. The summed E-state index contributed by atoms with van der Waals surface area (Å²) in [6, 6.07) is 67.8. The third-order valence-corrected chi connectivity index (χ3v) is 13.8. The lowest BCUT2D eigenvalue weighted by Crippen LogP contribution is -1.91. The van der Waals surface area contributed by atoms with E-state index in [1.54, 1.807) is 0 Å². The van der Waals surface area contributed by atoms with Crippen LogP contribution in [-0.4, -0.2) is 0 Å². The van der Waals surface area contributed by atoms with Crippen LogP contribution < -0.4 is 0 Å². The van der Waals surface area contributed by atoms with Crippen LogP contribution in [-0.2, 0) is 0 Å². The van der Waals surface area contributed by atoms with E-state index in [9.17, 15) is 0 Å². The lowest BCUT2D eigenvalue weighted by molar-refractivity contribution is 1.63. The van der Waals surface area contributed by atoms with Gasteiger partial charge >= 0.3 is 0 Å². The fourth-order valence-electron chi connectivity index (χ4n) is 8.89. The van der Waals surface area contributed by atoms with Crippen LogP contribution in [0.25, 0.3) is 117 Å². The van der Waals surface area contributed by atoms with Crippen LogP contribution in [0.4, 0.5) is 0 Å². The second-order valence-corrected chi connectivity index (χ2v) is 16.5. The topological polar surface area (TPSA) is 0 Å². The van der Waals surface area contributed by atoms with Crippen LogP contribution in [0.3, 0.4) is 0 Å². The van der Waals surface area contributed by atoms with Crippen molar-refractivity contribution in [1.29, 1.82) is 0 Å². The molecule has 2 heterocycles. The summed E-state index contributed by atoms with van der Waals surface area (Å²) in [5, 5.41) is 15.7. The first-order valence-corrected chi connectivity index (χ1v) is 20.1. The maximum atomic E-state index is 2.42. The summed E-state index contributed by atoms with van der Waals surface area (Å²) in [5.74, 6) is 0. The van der Waals surface area contributed by atoms with Gasteiger partial charge in [0.15, 0.2) is 0 Å². The van der Waals surface area contributed by atoms with Gasteiger partial charge in [-0.25, -0.2) is 0 Å². The maximum Gasteiger partial charge on any atom is 0.0433 e. The molecular weight excluding hydrogens is 689 g/mol. The van der Waals surface area contributed by atoms with E-state index in [0.29, 0.717) is 0 Å². The van der Waals surface area contributed by atoms with Gasteiger partial charge in [0.05, 0.1) is 0 Å². The Morgan fingerprint density at radius 1 is 0.241 bits per heavy atom. The Morgan fingerprint density at radius 2 is 0.759 bits per heavy atom. The highest BCUT2D eigenvalue weighted by atomic mass is 32.1. The standard InChI is InChI=1S/C52H30S2/c1-2-10-34-28-37(22-19-31(34)9-1)51-42-14-5-3-12-40(42)50(41-13-4-6-15-43(41)51)33-20-17-32(18-21-33)35-23-25-38-36(27-35)24-26-44-46-29-45-39-11-7-8-16-47(39)53-48(45)30-49(46)54-52(38)44/h1-30H. The highest BCUT2D eigenvalue weighted by molar-refractivity contribution is 7.28. The summed E-state index contributed by atoms with van der Waals surface area (Å²) in [5.41, 5.74) is 7.53. The van der Waals surface area contributed by atoms with Gasteiger partial charge in [-0.05, 0) is 107 Å². The zero-order chi connectivity index (χ0) is 35.3. The van der Waals surface area contributed by atoms with Crippen molar-refractivity contribution < 1.29 is 0 Å². The predicted octanol–water partition coefficient (Wildman–Crippen LogP) is 16.0. The van der Waals surface area contributed by atoms with Crippen molar-refractivity contribution in [2.45, 2.75) is 0 Å². The minimum absolute atomic E-state index is 1.23. The SMILES string of the molecule is c1ccc2cc(-c3c4ccccc4c(-c4ccc(-c5ccc6c(ccc7c8cc9c(cc8sc67)sc6ccccc69)c5)cc4)c4ccccc34)ccc2c1. The van der Waals surface area contributed by atoms with Gasteiger partial charge in [0.25, 0.3) is 0 Å². The fourth-order valence-corrected chi connectivity index (χ4v) is 11.3. The normalized spacial score (nSPS) is 12.1. The first kappa shape index (κ1) is 30.2. The molecule has 0 unspecified atom stereocenters. The smallest absolute Gasteiger partial charge is 0.0433 e. The molecule has 0 amide bonds. The third kappa shape index (κ3) is 4.48. The van der Waals surface area contributed by atoms with E-state index in [4.69, 9.17) is 0 Å². The zero-order valence-corrected chi connectivity index (χ0v) is 30.8. The number of thiophene rings is 2. The molecule has 12 rings (SSSR count). The number of hydrogen-bond acceptors (Lipinski definition) is 2. The minimum Gasteiger partial charge on any atom is -0.135 e. The van der Waals surface area contributed by atoms with Crippen molar-refractivity contribution in [3.63, 3.8) is 0 Å². The van der Waals surface area contributed by atoms with E-state index < -0.39 is 0 Å². The van der Waals surface area contributed by atoms with Gasteiger partial charge in [-0.15, -0.1) is 22.7 Å². The van der Waals surface area contributed by atoms with Crippen molar-refractivity contribution in [2.75, 3.05) is 0 Å². The minimum atomic E-state index is 1.23. The molecule has 0 N–H and O–H groups in total. The maximum absolute atomic E-state index is 2.42. The molecule has 0 nitrogen and oxygen atoms in total. The van der Waals surface area contributed by atoms with Crippen LogP contribution in [0.15, 0.2) is 182 Å². The Morgan fingerprint density at radius 3 is 1.52 bits per heavy atom. The van der Waals surface area contributed by atoms with Crippen molar-refractivity contribution in [2.24, 2.45) is 0 Å². The fraction of sp³-hybridized carbons (Fsp3) is 0. The monoisotopic (exact) mass is 718 g/mol. The molecule has 0 aliphatic rings. The number of fused-ring (bicyclic) bond motifs is 11. The van der Waals surface area contributed by atoms with Crippen molar-refractivity contribution in [3.05, 3.63) is 182 Å². The second kappa shape index (κ2) is 11.6. The molecule has 0 radical (unpaired) electrons. The van der Waals surface area contributed by atoms with E-state index >= 15 is 0 Å². The average Bonchev–Trinajstić information content (AvgIpc) is 3.79. The van der Waals surface area contributed by atoms with Crippen molar-refractivity contribution in [3.8, 4) is 33.4 Å². The molecule has 2 heteroatoms. The van der Waals surface area contributed by atoms with Crippen molar-refractivity contribution >= 4 is 106 Å². The molecule has 0 aliphatic heterocycles. The van der Waals surface area contributed by atoms with Crippen LogP contribution in [0.1, 0.15) is 0 Å². The van der Waals surface area contributed by atoms with Gasteiger partial charge in [0, 0.05) is 40.3 Å². The first-order valence-electron chi connectivity index (χ1n) is 18.5. The Balaban J connectivity index is 0.963. The molecule has 0 saturated heterocycles. The third-order valence-electron chi connectivity index (χ3n) is 11.4. The lowest BCUT2D eigenvalue weighted by Gasteiger charge is -2.18. The average molecular weight is 719 g/mol. The molecule has 10 aromatic carbocycles. The second-order valence-electron chi connectivity index (χ2n) is 14.4. The first-order chi connectivity index (χ1) is 26.7. The van der Waals surface area contributed by atoms with E-state index in [0.717, 1.165) is 0 Å². The Labute approximate surface area is 319 Å². The summed E-state index contributed by atoms with van der Waals surface area (Å²) in [4.78, 5) is 0. The summed E-state index contributed by atoms with van der Waals surface area (Å²) in [7, 11) is 0. The number of hydrogen-bond donors (Lipinski definition) is 0. The van der Waals surface area contributed by atoms with E-state index in [1.807, 2.05) is 22.7 Å². The van der Waals surface area contributed by atoms with Gasteiger partial charge in [-0.3, -0.25) is 0 Å². The molecule has 250 valence electrons. The number of rotatable bonds is 3. The lowest BCUT2D eigenvalue weighted by atomic mass is 9.85. The zero-order valence-electron chi connectivity index (χ0n) is 29.1. The molecule has 0 spiro atoms. The number of benzene rings is 10. The van der Waals surface area contributed by atoms with E-state index in [-0.39, 0.29) is 0 Å². The molecule has 0 bridgehead atoms. The molecule has 2 aromatic heterocycles. The van der Waals surface area contributed by atoms with Gasteiger partial charge in [0.1, 0.15) is 0 Å². The molecule has 0 saturated carbocycles. The Bertz CT molecular complexity index is 3430. The van der Waals surface area contributed by atoms with Gasteiger partial charge in [0.2, 0.25) is 0 Å². The molecule has 0 atom stereocenters. The van der Waals surface area contributed by atoms with Gasteiger partial charge < -0.3 is 0 Å². The Hall–Kier alpha value is -6.32. The highest BCUT2D eigenvalue weighted by Crippen LogP contribution is 2.46. The van der Waals surface area contributed by atoms with E-state index in [2.05, 4.69) is 182 Å². The predicted molar refractivity (Wildman–Crippen MR) is 239 cm³/mol. The summed E-state index contributed by atoms with van der Waals surface area (Å²) < 4.78 is 5.46. The Kier molecular flexibility index (Phi) is 6.48. The summed E-state index contributed by atoms with van der Waals surface area (Å²) in [6.45, 7) is 0. The molecule has 0 fully saturated rings. The molecule has 0 aliphatic carbocycles. The van der Waals surface area contributed by atoms with Crippen molar-refractivity contribution in [1.82, 2.24) is 0 Å². The van der Waals surface area contributed by atoms with Crippen LogP contribution in [0, 0.1) is 0 Å². The van der Waals surface area contributed by atoms with Crippen LogP contribution >= 0.6 is 22.7 Å². The quantitative estimate of drug-likeness (QED) is 0.160. The van der Waals surface area contributed by atoms with E-state index in [1.165, 1.54) is 117 Å². The highest BCUT2D eigenvalue weighted by Gasteiger charge is 2.18. The van der Waals surface area contributed by atoms with Gasteiger partial charge in [-0.1, -0.05) is 152 Å². The van der Waals surface area contributed by atoms with Crippen LogP contribution in [0.5, 0.6) is 0 Å². The largest absolute Gasteiger partial charge is 0.135 e. The van der Waals surface area contributed by atoms with Gasteiger partial charge in [-0.2, -0.15) is 0 Å². The summed E-state index contributed by atoms with van der Waals surface area (Å²) >= 11 is 3.82. The molecular formula is C52H30S2.